The molecular formula is C14H20N2O2S. The molecule has 104 valence electrons. The van der Waals surface area contributed by atoms with Gasteiger partial charge in [-0.15, -0.1) is 0 Å². The molecule has 1 aliphatic rings. The van der Waals surface area contributed by atoms with E-state index in [-0.39, 0.29) is 12.0 Å². The second-order valence-corrected chi connectivity index (χ2v) is 5.47. The van der Waals surface area contributed by atoms with Crippen LogP contribution in [-0.4, -0.2) is 36.4 Å². The molecule has 0 aromatic heterocycles. The topological polar surface area (TPSA) is 58.7 Å². The van der Waals surface area contributed by atoms with Crippen LogP contribution in [0.15, 0.2) is 18.2 Å². The molecule has 2 unspecified atom stereocenters. The highest BCUT2D eigenvalue weighted by molar-refractivity contribution is 7.80. The van der Waals surface area contributed by atoms with Crippen LogP contribution in [0.3, 0.4) is 0 Å². The van der Waals surface area contributed by atoms with Gasteiger partial charge in [-0.25, -0.2) is 0 Å². The Labute approximate surface area is 119 Å². The maximum Gasteiger partial charge on any atom is 0.120 e. The molecule has 19 heavy (non-hydrogen) atoms. The van der Waals surface area contributed by atoms with E-state index in [0.29, 0.717) is 4.99 Å². The fourth-order valence-corrected chi connectivity index (χ4v) is 2.63. The summed E-state index contributed by atoms with van der Waals surface area (Å²) in [5.74, 6) is 1.02. The molecule has 3 N–H and O–H groups in total. The molecule has 1 aromatic rings. The van der Waals surface area contributed by atoms with Gasteiger partial charge in [-0.3, -0.25) is 0 Å². The second kappa shape index (κ2) is 5.75. The van der Waals surface area contributed by atoms with Crippen LogP contribution in [0.1, 0.15) is 18.9 Å². The van der Waals surface area contributed by atoms with Crippen molar-refractivity contribution < 1.29 is 9.84 Å². The first kappa shape index (κ1) is 14.1. The zero-order valence-corrected chi connectivity index (χ0v) is 12.1. The average molecular weight is 280 g/mol. The van der Waals surface area contributed by atoms with E-state index in [1.807, 2.05) is 18.2 Å². The maximum atomic E-state index is 9.82. The van der Waals surface area contributed by atoms with Gasteiger partial charge < -0.3 is 20.5 Å². The van der Waals surface area contributed by atoms with Gasteiger partial charge in [0, 0.05) is 24.7 Å². The highest BCUT2D eigenvalue weighted by Gasteiger charge is 2.26. The minimum Gasteiger partial charge on any atom is -0.497 e. The lowest BCUT2D eigenvalue weighted by molar-refractivity contribution is 0.0971. The summed E-state index contributed by atoms with van der Waals surface area (Å²) in [6.45, 7) is 3.65. The number of aliphatic hydroxyl groups is 1. The van der Waals surface area contributed by atoms with Gasteiger partial charge in [0.05, 0.1) is 18.9 Å². The summed E-state index contributed by atoms with van der Waals surface area (Å²) in [6, 6.07) is 5.71. The number of benzene rings is 1. The van der Waals surface area contributed by atoms with E-state index in [2.05, 4.69) is 11.8 Å². The summed E-state index contributed by atoms with van der Waals surface area (Å²) in [4.78, 5) is 2.60. The van der Waals surface area contributed by atoms with Crippen LogP contribution in [0.2, 0.25) is 0 Å². The number of ether oxygens (including phenoxy) is 1. The van der Waals surface area contributed by atoms with Crippen molar-refractivity contribution in [1.29, 1.82) is 0 Å². The third-order valence-corrected chi connectivity index (χ3v) is 3.89. The Kier molecular flexibility index (Phi) is 4.27. The molecule has 0 saturated carbocycles. The molecule has 0 bridgehead atoms. The largest absolute Gasteiger partial charge is 0.497 e. The summed E-state index contributed by atoms with van der Waals surface area (Å²) in [6.07, 6.45) is 0.532. The SMILES string of the molecule is COc1ccc(C(N)=S)c(N2CCC(O)C(C)C2)c1. The summed E-state index contributed by atoms with van der Waals surface area (Å²) >= 11 is 5.11. The Morgan fingerprint density at radius 1 is 1.53 bits per heavy atom. The average Bonchev–Trinajstić information content (AvgIpc) is 2.41. The fraction of sp³-hybridized carbons (Fsp3) is 0.500. The number of piperidine rings is 1. The molecule has 2 atom stereocenters. The molecule has 2 rings (SSSR count). The lowest BCUT2D eigenvalue weighted by atomic mass is 9.95. The van der Waals surface area contributed by atoms with Crippen LogP contribution in [0.4, 0.5) is 5.69 Å². The van der Waals surface area contributed by atoms with Crippen LogP contribution in [0, 0.1) is 5.92 Å². The number of rotatable bonds is 3. The van der Waals surface area contributed by atoms with Gasteiger partial charge in [0.1, 0.15) is 10.7 Å². The van der Waals surface area contributed by atoms with Gasteiger partial charge in [-0.1, -0.05) is 19.1 Å². The van der Waals surface area contributed by atoms with Crippen molar-refractivity contribution in [2.24, 2.45) is 11.7 Å². The number of thiocarbonyl (C=S) groups is 1. The van der Waals surface area contributed by atoms with Gasteiger partial charge >= 0.3 is 0 Å². The number of nitrogens with two attached hydrogens (primary N) is 1. The minimum absolute atomic E-state index is 0.227. The fourth-order valence-electron chi connectivity index (χ4n) is 2.46. The summed E-state index contributed by atoms with van der Waals surface area (Å²) in [5, 5.41) is 9.82. The van der Waals surface area contributed by atoms with Crippen LogP contribution in [0.25, 0.3) is 0 Å². The summed E-state index contributed by atoms with van der Waals surface area (Å²) < 4.78 is 5.27. The van der Waals surface area contributed by atoms with E-state index < -0.39 is 0 Å². The molecule has 0 amide bonds. The first-order valence-corrected chi connectivity index (χ1v) is 6.84. The van der Waals surface area contributed by atoms with Gasteiger partial charge in [-0.05, 0) is 24.5 Å². The highest BCUT2D eigenvalue weighted by Crippen LogP contribution is 2.30. The van der Waals surface area contributed by atoms with E-state index in [1.54, 1.807) is 7.11 Å². The molecule has 1 aromatic carbocycles. The number of nitrogens with zero attached hydrogens (tertiary/aromatic N) is 1. The summed E-state index contributed by atoms with van der Waals surface area (Å²) in [5.41, 5.74) is 7.64. The van der Waals surface area contributed by atoms with Crippen molar-refractivity contribution in [3.63, 3.8) is 0 Å². The molecule has 0 spiro atoms. The lowest BCUT2D eigenvalue weighted by Gasteiger charge is -2.37. The Bertz CT molecular complexity index is 479. The quantitative estimate of drug-likeness (QED) is 0.823. The van der Waals surface area contributed by atoms with E-state index in [4.69, 9.17) is 22.7 Å². The van der Waals surface area contributed by atoms with E-state index >= 15 is 0 Å². The number of methoxy groups -OCH3 is 1. The predicted octanol–water partition coefficient (Wildman–Crippen LogP) is 1.54. The smallest absolute Gasteiger partial charge is 0.120 e. The Hall–Kier alpha value is -1.33. The normalized spacial score (nSPS) is 23.2. The molecule has 1 heterocycles. The zero-order valence-electron chi connectivity index (χ0n) is 11.3. The third kappa shape index (κ3) is 2.98. The van der Waals surface area contributed by atoms with Crippen molar-refractivity contribution in [2.45, 2.75) is 19.4 Å². The number of anilines is 1. The lowest BCUT2D eigenvalue weighted by Crippen LogP contribution is -2.42. The molecule has 1 fully saturated rings. The molecule has 1 aliphatic heterocycles. The molecule has 5 heteroatoms. The molecule has 1 saturated heterocycles. The monoisotopic (exact) mass is 280 g/mol. The Morgan fingerprint density at radius 3 is 2.84 bits per heavy atom. The third-order valence-electron chi connectivity index (χ3n) is 3.67. The minimum atomic E-state index is -0.227. The van der Waals surface area contributed by atoms with Crippen molar-refractivity contribution in [1.82, 2.24) is 0 Å². The van der Waals surface area contributed by atoms with Crippen LogP contribution < -0.4 is 15.4 Å². The number of hydrogen-bond acceptors (Lipinski definition) is 4. The second-order valence-electron chi connectivity index (χ2n) is 5.03. The van der Waals surface area contributed by atoms with E-state index in [0.717, 1.165) is 36.5 Å². The van der Waals surface area contributed by atoms with Crippen molar-refractivity contribution in [3.05, 3.63) is 23.8 Å². The molecule has 0 aliphatic carbocycles. The standard InChI is InChI=1S/C14H20N2O2S/c1-9-8-16(6-5-13(9)17)12-7-10(18-2)3-4-11(12)14(15)19/h3-4,7,9,13,17H,5-6,8H2,1-2H3,(H2,15,19). The Balaban J connectivity index is 2.34. The molecular weight excluding hydrogens is 260 g/mol. The van der Waals surface area contributed by atoms with Crippen LogP contribution in [0.5, 0.6) is 5.75 Å². The number of hydrogen-bond donors (Lipinski definition) is 2. The zero-order chi connectivity index (χ0) is 14.0. The first-order valence-electron chi connectivity index (χ1n) is 6.43. The van der Waals surface area contributed by atoms with Gasteiger partial charge in [-0.2, -0.15) is 0 Å². The molecule has 0 radical (unpaired) electrons. The van der Waals surface area contributed by atoms with E-state index in [1.165, 1.54) is 0 Å². The maximum absolute atomic E-state index is 9.82. The Morgan fingerprint density at radius 2 is 2.26 bits per heavy atom. The van der Waals surface area contributed by atoms with Crippen molar-refractivity contribution in [2.75, 3.05) is 25.1 Å². The number of aliphatic hydroxyl groups excluding tert-OH is 1. The van der Waals surface area contributed by atoms with Gasteiger partial charge in [0.25, 0.3) is 0 Å². The molecule has 4 nitrogen and oxygen atoms in total. The highest BCUT2D eigenvalue weighted by atomic mass is 32.1. The first-order chi connectivity index (χ1) is 9.02. The van der Waals surface area contributed by atoms with E-state index in [9.17, 15) is 5.11 Å². The van der Waals surface area contributed by atoms with Gasteiger partial charge in [0.15, 0.2) is 0 Å². The van der Waals surface area contributed by atoms with Gasteiger partial charge in [0.2, 0.25) is 0 Å². The summed E-state index contributed by atoms with van der Waals surface area (Å²) in [7, 11) is 1.64. The van der Waals surface area contributed by atoms with Crippen molar-refractivity contribution in [3.8, 4) is 5.75 Å². The van der Waals surface area contributed by atoms with Crippen molar-refractivity contribution >= 4 is 22.9 Å². The van der Waals surface area contributed by atoms with Crippen LogP contribution in [-0.2, 0) is 0 Å². The van der Waals surface area contributed by atoms with Crippen LogP contribution >= 0.6 is 12.2 Å². The predicted molar refractivity (Wildman–Crippen MR) is 80.9 cm³/mol.